The summed E-state index contributed by atoms with van der Waals surface area (Å²) in [5, 5.41) is 3.67. The van der Waals surface area contributed by atoms with Crippen molar-refractivity contribution in [1.29, 1.82) is 0 Å². The van der Waals surface area contributed by atoms with Crippen LogP contribution in [0.5, 0.6) is 0 Å². The number of halogens is 3. The Morgan fingerprint density at radius 1 is 1.16 bits per heavy atom. The molecule has 1 amide bonds. The Morgan fingerprint density at radius 2 is 1.89 bits per heavy atom. The van der Waals surface area contributed by atoms with E-state index in [2.05, 4.69) is 21.2 Å². The molecule has 3 N–H and O–H groups in total. The molecule has 0 atom stereocenters. The zero-order valence-corrected chi connectivity index (χ0v) is 12.7. The number of hydrogen-bond donors (Lipinski definition) is 2. The molecule has 0 spiro atoms. The molecule has 6 heteroatoms. The van der Waals surface area contributed by atoms with Crippen LogP contribution in [0.15, 0.2) is 40.9 Å². The van der Waals surface area contributed by atoms with Gasteiger partial charge in [0, 0.05) is 20.9 Å². The third-order valence-corrected chi connectivity index (χ3v) is 3.91. The second-order valence-electron chi connectivity index (χ2n) is 3.81. The van der Waals surface area contributed by atoms with Gasteiger partial charge < -0.3 is 11.1 Å². The molecule has 0 saturated carbocycles. The average molecular weight is 360 g/mol. The second-order valence-corrected chi connectivity index (χ2v) is 5.51. The second kappa shape index (κ2) is 5.82. The molecule has 0 radical (unpaired) electrons. The van der Waals surface area contributed by atoms with E-state index in [-0.39, 0.29) is 5.91 Å². The van der Waals surface area contributed by atoms with Gasteiger partial charge in [-0.3, -0.25) is 4.79 Å². The molecule has 0 heterocycles. The molecule has 2 rings (SSSR count). The van der Waals surface area contributed by atoms with E-state index < -0.39 is 0 Å². The molecule has 98 valence electrons. The van der Waals surface area contributed by atoms with Gasteiger partial charge in [-0.2, -0.15) is 0 Å². The summed E-state index contributed by atoms with van der Waals surface area (Å²) in [7, 11) is 0. The third-order valence-electron chi connectivity index (χ3n) is 2.44. The van der Waals surface area contributed by atoms with E-state index in [0.717, 1.165) is 4.47 Å². The summed E-state index contributed by atoms with van der Waals surface area (Å²) in [5.41, 5.74) is 7.02. The Morgan fingerprint density at radius 3 is 2.58 bits per heavy atom. The van der Waals surface area contributed by atoms with Crippen molar-refractivity contribution < 1.29 is 4.79 Å². The Balaban J connectivity index is 2.25. The van der Waals surface area contributed by atoms with Crippen LogP contribution in [0.3, 0.4) is 0 Å². The first-order valence-electron chi connectivity index (χ1n) is 5.29. The largest absolute Gasteiger partial charge is 0.398 e. The number of nitrogens with two attached hydrogens (primary N) is 1. The van der Waals surface area contributed by atoms with E-state index in [9.17, 15) is 4.79 Å². The number of anilines is 2. The van der Waals surface area contributed by atoms with Crippen molar-refractivity contribution in [2.45, 2.75) is 0 Å². The van der Waals surface area contributed by atoms with Crippen molar-refractivity contribution in [2.75, 3.05) is 11.1 Å². The number of carbonyl (C=O) groups is 1. The maximum atomic E-state index is 12.1. The highest BCUT2D eigenvalue weighted by atomic mass is 79.9. The van der Waals surface area contributed by atoms with Crippen LogP contribution in [0, 0.1) is 0 Å². The number of amides is 1. The van der Waals surface area contributed by atoms with Gasteiger partial charge in [0.1, 0.15) is 0 Å². The number of benzene rings is 2. The lowest BCUT2D eigenvalue weighted by atomic mass is 10.1. The molecule has 0 aliphatic heterocycles. The van der Waals surface area contributed by atoms with Gasteiger partial charge in [0.2, 0.25) is 0 Å². The van der Waals surface area contributed by atoms with E-state index >= 15 is 0 Å². The summed E-state index contributed by atoms with van der Waals surface area (Å²) < 4.78 is 0.759. The zero-order valence-electron chi connectivity index (χ0n) is 9.58. The molecule has 3 nitrogen and oxygen atoms in total. The van der Waals surface area contributed by atoms with E-state index in [1.165, 1.54) is 6.07 Å². The highest BCUT2D eigenvalue weighted by Gasteiger charge is 2.11. The number of nitrogen functional groups attached to an aromatic ring is 1. The minimum absolute atomic E-state index is 0.326. The highest BCUT2D eigenvalue weighted by Crippen LogP contribution is 2.26. The van der Waals surface area contributed by atoms with Crippen LogP contribution in [0.4, 0.5) is 11.4 Å². The Kier molecular flexibility index (Phi) is 4.34. The Labute approximate surface area is 128 Å². The Bertz CT molecular complexity index is 647. The molecular formula is C13H9BrCl2N2O. The molecule has 0 aliphatic carbocycles. The predicted molar refractivity (Wildman–Crippen MR) is 83.0 cm³/mol. The first-order valence-corrected chi connectivity index (χ1v) is 6.83. The zero-order chi connectivity index (χ0) is 14.0. The topological polar surface area (TPSA) is 55.1 Å². The SMILES string of the molecule is Nc1ccc(Cl)cc1C(=O)Nc1ccc(Br)c(Cl)c1. The number of carbonyl (C=O) groups excluding carboxylic acids is 1. The van der Waals surface area contributed by atoms with Crippen LogP contribution in [-0.2, 0) is 0 Å². The molecule has 19 heavy (non-hydrogen) atoms. The summed E-state index contributed by atoms with van der Waals surface area (Å²) in [6, 6.07) is 9.86. The van der Waals surface area contributed by atoms with E-state index in [1.807, 2.05) is 0 Å². The molecule has 0 bridgehead atoms. The van der Waals surface area contributed by atoms with Crippen LogP contribution < -0.4 is 11.1 Å². The first-order chi connectivity index (χ1) is 8.97. The standard InChI is InChI=1S/C13H9BrCl2N2O/c14-10-3-2-8(6-11(10)16)18-13(19)9-5-7(15)1-4-12(9)17/h1-6H,17H2,(H,18,19). The van der Waals surface area contributed by atoms with Crippen LogP contribution in [0.2, 0.25) is 10.0 Å². The van der Waals surface area contributed by atoms with Crippen molar-refractivity contribution >= 4 is 56.4 Å². The lowest BCUT2D eigenvalue weighted by Crippen LogP contribution is -2.14. The van der Waals surface area contributed by atoms with Crippen molar-refractivity contribution in [3.05, 3.63) is 56.5 Å². The predicted octanol–water partition coefficient (Wildman–Crippen LogP) is 4.59. The fourth-order valence-electron chi connectivity index (χ4n) is 1.50. The van der Waals surface area contributed by atoms with E-state index in [1.54, 1.807) is 30.3 Å². The van der Waals surface area contributed by atoms with Gasteiger partial charge >= 0.3 is 0 Å². The number of nitrogens with one attached hydrogen (secondary N) is 1. The molecule has 0 aromatic heterocycles. The highest BCUT2D eigenvalue weighted by molar-refractivity contribution is 9.10. The maximum absolute atomic E-state index is 12.1. The van der Waals surface area contributed by atoms with Gasteiger partial charge in [-0.15, -0.1) is 0 Å². The molecular weight excluding hydrogens is 351 g/mol. The first kappa shape index (κ1) is 14.2. The van der Waals surface area contributed by atoms with Crippen LogP contribution in [0.1, 0.15) is 10.4 Å². The summed E-state index contributed by atoms with van der Waals surface area (Å²) in [5.74, 6) is -0.335. The molecule has 0 unspecified atom stereocenters. The number of rotatable bonds is 2. The van der Waals surface area contributed by atoms with Gasteiger partial charge in [0.05, 0.1) is 10.6 Å². The monoisotopic (exact) mass is 358 g/mol. The molecule has 0 saturated heterocycles. The van der Waals surface area contributed by atoms with Crippen LogP contribution in [-0.4, -0.2) is 5.91 Å². The average Bonchev–Trinajstić information content (AvgIpc) is 2.36. The third kappa shape index (κ3) is 3.41. The van der Waals surface area contributed by atoms with Crippen LogP contribution in [0.25, 0.3) is 0 Å². The smallest absolute Gasteiger partial charge is 0.257 e. The fraction of sp³-hybridized carbons (Fsp3) is 0. The minimum Gasteiger partial charge on any atom is -0.398 e. The Hall–Kier alpha value is -1.23. The summed E-state index contributed by atoms with van der Waals surface area (Å²) in [6.45, 7) is 0. The lowest BCUT2D eigenvalue weighted by molar-refractivity contribution is 0.102. The van der Waals surface area contributed by atoms with Crippen molar-refractivity contribution in [3.8, 4) is 0 Å². The van der Waals surface area contributed by atoms with Gasteiger partial charge in [-0.05, 0) is 52.3 Å². The molecule has 0 fully saturated rings. The molecule has 2 aromatic carbocycles. The van der Waals surface area contributed by atoms with Gasteiger partial charge in [0.25, 0.3) is 5.91 Å². The van der Waals surface area contributed by atoms with Crippen molar-refractivity contribution in [2.24, 2.45) is 0 Å². The lowest BCUT2D eigenvalue weighted by Gasteiger charge is -2.08. The van der Waals surface area contributed by atoms with Crippen molar-refractivity contribution in [1.82, 2.24) is 0 Å². The summed E-state index contributed by atoms with van der Waals surface area (Å²) in [4.78, 5) is 12.1. The fourth-order valence-corrected chi connectivity index (χ4v) is 2.10. The van der Waals surface area contributed by atoms with Crippen LogP contribution >= 0.6 is 39.1 Å². The summed E-state index contributed by atoms with van der Waals surface area (Å²) >= 11 is 15.1. The minimum atomic E-state index is -0.335. The van der Waals surface area contributed by atoms with Gasteiger partial charge in [-0.1, -0.05) is 23.2 Å². The number of hydrogen-bond acceptors (Lipinski definition) is 2. The maximum Gasteiger partial charge on any atom is 0.257 e. The van der Waals surface area contributed by atoms with E-state index in [0.29, 0.717) is 27.0 Å². The van der Waals surface area contributed by atoms with Gasteiger partial charge in [0.15, 0.2) is 0 Å². The van der Waals surface area contributed by atoms with Gasteiger partial charge in [-0.25, -0.2) is 0 Å². The molecule has 2 aromatic rings. The van der Waals surface area contributed by atoms with E-state index in [4.69, 9.17) is 28.9 Å². The van der Waals surface area contributed by atoms with Crippen molar-refractivity contribution in [3.63, 3.8) is 0 Å². The molecule has 0 aliphatic rings. The normalized spacial score (nSPS) is 10.3. The quantitative estimate of drug-likeness (QED) is 0.770. The summed E-state index contributed by atoms with van der Waals surface area (Å²) in [6.07, 6.45) is 0.